The third-order valence-electron chi connectivity index (χ3n) is 8.17. The van der Waals surface area contributed by atoms with Crippen LogP contribution in [-0.4, -0.2) is 67.2 Å². The predicted molar refractivity (Wildman–Crippen MR) is 152 cm³/mol. The Morgan fingerprint density at radius 2 is 1.93 bits per heavy atom. The van der Waals surface area contributed by atoms with Gasteiger partial charge < -0.3 is 19.9 Å². The van der Waals surface area contributed by atoms with Crippen LogP contribution in [0.3, 0.4) is 0 Å². The number of likely N-dealkylation sites (tertiary alicyclic amines) is 1. The van der Waals surface area contributed by atoms with Crippen LogP contribution in [0.1, 0.15) is 36.5 Å². The summed E-state index contributed by atoms with van der Waals surface area (Å²) < 4.78 is 45.4. The number of piperidine rings is 1. The van der Waals surface area contributed by atoms with Crippen molar-refractivity contribution >= 4 is 11.6 Å². The van der Waals surface area contributed by atoms with E-state index in [0.717, 1.165) is 36.3 Å². The van der Waals surface area contributed by atoms with Crippen molar-refractivity contribution in [3.63, 3.8) is 0 Å². The van der Waals surface area contributed by atoms with Gasteiger partial charge in [0.15, 0.2) is 0 Å². The molecule has 0 radical (unpaired) electrons. The van der Waals surface area contributed by atoms with Crippen LogP contribution in [0.25, 0.3) is 11.3 Å². The fraction of sp³-hybridized carbons (Fsp3) is 0.419. The van der Waals surface area contributed by atoms with Crippen LogP contribution in [0.15, 0.2) is 54.9 Å². The molecule has 1 aromatic carbocycles. The summed E-state index contributed by atoms with van der Waals surface area (Å²) in [6, 6.07) is 12.6. The van der Waals surface area contributed by atoms with E-state index >= 15 is 0 Å². The van der Waals surface area contributed by atoms with Crippen molar-refractivity contribution in [2.24, 2.45) is 5.92 Å². The van der Waals surface area contributed by atoms with Gasteiger partial charge >= 0.3 is 6.18 Å². The standard InChI is InChI=1S/C31H33F3N6O2/c1-3-42-28-25(5-4-12-36-28)26-8-6-24(18-37-26)30(29(41)38-17-21-19-39(2)20-21)10-13-40(14-11-30)27-9-7-23(31(32,33)34)15-22(27)16-35/h4-9,12,15,18,21H,3,10-11,13-14,17,19-20H2,1-2H3,(H,38,41). The van der Waals surface area contributed by atoms with Gasteiger partial charge in [-0.1, -0.05) is 6.07 Å². The summed E-state index contributed by atoms with van der Waals surface area (Å²) in [5.41, 5.74) is 0.845. The van der Waals surface area contributed by atoms with Crippen LogP contribution < -0.4 is 15.0 Å². The number of pyridine rings is 2. The van der Waals surface area contributed by atoms with E-state index in [1.54, 1.807) is 12.4 Å². The Morgan fingerprint density at radius 1 is 1.17 bits per heavy atom. The normalized spacial score (nSPS) is 17.3. The largest absolute Gasteiger partial charge is 0.477 e. The number of benzene rings is 1. The number of amides is 1. The van der Waals surface area contributed by atoms with Crippen LogP contribution in [0, 0.1) is 17.2 Å². The zero-order chi connectivity index (χ0) is 29.9. The van der Waals surface area contributed by atoms with Gasteiger partial charge in [0.2, 0.25) is 11.8 Å². The van der Waals surface area contributed by atoms with Crippen molar-refractivity contribution in [3.05, 3.63) is 71.5 Å². The highest BCUT2D eigenvalue weighted by Crippen LogP contribution is 2.40. The molecule has 220 valence electrons. The molecule has 0 atom stereocenters. The molecule has 2 saturated heterocycles. The number of nitrogens with zero attached hydrogens (tertiary/aromatic N) is 5. The Bertz CT molecular complexity index is 1460. The van der Waals surface area contributed by atoms with Crippen molar-refractivity contribution in [2.45, 2.75) is 31.4 Å². The van der Waals surface area contributed by atoms with Gasteiger partial charge in [-0.3, -0.25) is 9.78 Å². The van der Waals surface area contributed by atoms with Gasteiger partial charge in [0.05, 0.1) is 40.1 Å². The number of carbonyl (C=O) groups is 1. The molecule has 1 N–H and O–H groups in total. The maximum atomic E-state index is 13.9. The highest BCUT2D eigenvalue weighted by Gasteiger charge is 2.44. The van der Waals surface area contributed by atoms with Crippen molar-refractivity contribution < 1.29 is 22.7 Å². The third kappa shape index (κ3) is 5.90. The topological polar surface area (TPSA) is 94.4 Å². The summed E-state index contributed by atoms with van der Waals surface area (Å²) in [6.07, 6.45) is -0.332. The van der Waals surface area contributed by atoms with Crippen LogP contribution >= 0.6 is 0 Å². The number of alkyl halides is 3. The van der Waals surface area contributed by atoms with E-state index in [1.807, 2.05) is 49.2 Å². The molecule has 5 rings (SSSR count). The average molecular weight is 579 g/mol. The quantitative estimate of drug-likeness (QED) is 0.416. The Morgan fingerprint density at radius 3 is 2.55 bits per heavy atom. The van der Waals surface area contributed by atoms with Gasteiger partial charge in [-0.2, -0.15) is 18.4 Å². The summed E-state index contributed by atoms with van der Waals surface area (Å²) in [5.74, 6) is 0.788. The minimum absolute atomic E-state index is 0.0385. The first-order valence-electron chi connectivity index (χ1n) is 14.0. The van der Waals surface area contributed by atoms with Gasteiger partial charge in [0, 0.05) is 51.0 Å². The Kier molecular flexibility index (Phi) is 8.36. The lowest BCUT2D eigenvalue weighted by atomic mass is 9.72. The second kappa shape index (κ2) is 12.0. The Balaban J connectivity index is 1.41. The molecular weight excluding hydrogens is 545 g/mol. The summed E-state index contributed by atoms with van der Waals surface area (Å²) in [5, 5.41) is 12.8. The number of hydrogen-bond acceptors (Lipinski definition) is 7. The lowest BCUT2D eigenvalue weighted by Gasteiger charge is -2.43. The monoisotopic (exact) mass is 578 g/mol. The number of nitrogens with one attached hydrogen (secondary N) is 1. The van der Waals surface area contributed by atoms with Gasteiger partial charge in [-0.05, 0) is 68.8 Å². The van der Waals surface area contributed by atoms with E-state index in [4.69, 9.17) is 9.72 Å². The van der Waals surface area contributed by atoms with E-state index in [9.17, 15) is 23.2 Å². The molecule has 11 heteroatoms. The zero-order valence-electron chi connectivity index (χ0n) is 23.6. The SMILES string of the molecule is CCOc1ncccc1-c1ccc(C2(C(=O)NCC3CN(C)C3)CCN(c3ccc(C(F)(F)F)cc3C#N)CC2)cn1. The van der Waals surface area contributed by atoms with Gasteiger partial charge in [0.1, 0.15) is 6.07 Å². The minimum atomic E-state index is -4.53. The van der Waals surface area contributed by atoms with E-state index in [-0.39, 0.29) is 11.5 Å². The number of anilines is 1. The predicted octanol–water partition coefficient (Wildman–Crippen LogP) is 4.65. The number of nitriles is 1. The third-order valence-corrected chi connectivity index (χ3v) is 8.17. The first kappa shape index (κ1) is 29.3. The molecule has 0 unspecified atom stereocenters. The number of hydrogen-bond donors (Lipinski definition) is 1. The second-order valence-corrected chi connectivity index (χ2v) is 10.9. The van der Waals surface area contributed by atoms with E-state index < -0.39 is 17.2 Å². The second-order valence-electron chi connectivity index (χ2n) is 10.9. The smallest absolute Gasteiger partial charge is 0.416 e. The summed E-state index contributed by atoms with van der Waals surface area (Å²) in [7, 11) is 2.04. The van der Waals surface area contributed by atoms with Gasteiger partial charge in [-0.15, -0.1) is 0 Å². The number of aromatic nitrogens is 2. The molecule has 2 aliphatic heterocycles. The Hall–Kier alpha value is -4.17. The van der Waals surface area contributed by atoms with Crippen LogP contribution in [0.4, 0.5) is 18.9 Å². The molecular formula is C31H33F3N6O2. The molecule has 0 bridgehead atoms. The molecule has 42 heavy (non-hydrogen) atoms. The maximum Gasteiger partial charge on any atom is 0.416 e. The summed E-state index contributed by atoms with van der Waals surface area (Å²) in [4.78, 5) is 27.0. The number of halogens is 3. The van der Waals surface area contributed by atoms with Crippen molar-refractivity contribution in [3.8, 4) is 23.2 Å². The van der Waals surface area contributed by atoms with Crippen molar-refractivity contribution in [1.29, 1.82) is 5.26 Å². The van der Waals surface area contributed by atoms with Crippen molar-refractivity contribution in [2.75, 3.05) is 51.3 Å². The van der Waals surface area contributed by atoms with Crippen LogP contribution in [0.2, 0.25) is 0 Å². The molecule has 3 aromatic rings. The lowest BCUT2D eigenvalue weighted by molar-refractivity contribution is -0.137. The highest BCUT2D eigenvalue weighted by atomic mass is 19.4. The van der Waals surface area contributed by atoms with Crippen LogP contribution in [-0.2, 0) is 16.4 Å². The molecule has 2 aromatic heterocycles. The number of rotatable bonds is 8. The number of carbonyl (C=O) groups excluding carboxylic acids is 1. The molecule has 2 fully saturated rings. The summed E-state index contributed by atoms with van der Waals surface area (Å²) in [6.45, 7) is 5.55. The molecule has 0 spiro atoms. The molecule has 8 nitrogen and oxygen atoms in total. The first-order valence-corrected chi connectivity index (χ1v) is 14.0. The first-order chi connectivity index (χ1) is 20.1. The number of ether oxygens (including phenoxy) is 1. The van der Waals surface area contributed by atoms with Gasteiger partial charge in [0.25, 0.3) is 0 Å². The summed E-state index contributed by atoms with van der Waals surface area (Å²) >= 11 is 0. The van der Waals surface area contributed by atoms with Crippen molar-refractivity contribution in [1.82, 2.24) is 20.2 Å². The molecule has 0 saturated carbocycles. The molecule has 4 heterocycles. The van der Waals surface area contributed by atoms with Crippen LogP contribution in [0.5, 0.6) is 5.88 Å². The Labute approximate surface area is 243 Å². The van der Waals surface area contributed by atoms with Gasteiger partial charge in [-0.25, -0.2) is 4.98 Å². The lowest BCUT2D eigenvalue weighted by Crippen LogP contribution is -2.55. The van der Waals surface area contributed by atoms with E-state index in [0.29, 0.717) is 62.3 Å². The minimum Gasteiger partial charge on any atom is -0.477 e. The zero-order valence-corrected chi connectivity index (χ0v) is 23.6. The molecule has 1 amide bonds. The fourth-order valence-electron chi connectivity index (χ4n) is 5.89. The van der Waals surface area contributed by atoms with E-state index in [2.05, 4.69) is 15.2 Å². The maximum absolute atomic E-state index is 13.9. The average Bonchev–Trinajstić information content (AvgIpc) is 2.98. The molecule has 0 aliphatic carbocycles. The highest BCUT2D eigenvalue weighted by molar-refractivity contribution is 5.89. The fourth-order valence-corrected chi connectivity index (χ4v) is 5.89. The van der Waals surface area contributed by atoms with E-state index in [1.165, 1.54) is 6.07 Å². The molecule has 2 aliphatic rings.